The molecule has 156 valence electrons. The molecule has 3 aromatic heterocycles. The molecule has 0 amide bonds. The highest BCUT2D eigenvalue weighted by atomic mass is 19.1. The Morgan fingerprint density at radius 1 is 1.12 bits per heavy atom. The van der Waals surface area contributed by atoms with Gasteiger partial charge < -0.3 is 4.98 Å². The van der Waals surface area contributed by atoms with Crippen molar-refractivity contribution in [3.8, 4) is 22.6 Å². The highest BCUT2D eigenvalue weighted by molar-refractivity contribution is 5.97. The molecule has 0 radical (unpaired) electrons. The zero-order chi connectivity index (χ0) is 22.1. The molecule has 0 aliphatic carbocycles. The van der Waals surface area contributed by atoms with Crippen LogP contribution in [0, 0.1) is 5.82 Å². The van der Waals surface area contributed by atoms with E-state index in [0.29, 0.717) is 22.7 Å². The minimum Gasteiger partial charge on any atom is -0.321 e. The molecule has 5 rings (SSSR count). The lowest BCUT2D eigenvalue weighted by molar-refractivity contribution is 0.628. The van der Waals surface area contributed by atoms with Crippen molar-refractivity contribution in [2.24, 2.45) is 9.98 Å². The van der Waals surface area contributed by atoms with Crippen LogP contribution in [0.4, 0.5) is 4.39 Å². The molecular formula is C24H18FN7. The second-order valence-corrected chi connectivity index (χ2v) is 7.24. The Kier molecular flexibility index (Phi) is 4.87. The lowest BCUT2D eigenvalue weighted by Crippen LogP contribution is -1.84. The van der Waals surface area contributed by atoms with Gasteiger partial charge in [0.2, 0.25) is 0 Å². The summed E-state index contributed by atoms with van der Waals surface area (Å²) in [5, 5.41) is 8.46. The highest BCUT2D eigenvalue weighted by Gasteiger charge is 2.16. The topological polar surface area (TPSA) is 95.0 Å². The molecule has 0 aliphatic heterocycles. The summed E-state index contributed by atoms with van der Waals surface area (Å²) in [5.74, 6) is 0.317. The number of hydrogen-bond donors (Lipinski definition) is 2. The van der Waals surface area contributed by atoms with E-state index in [1.54, 1.807) is 24.5 Å². The van der Waals surface area contributed by atoms with Crippen LogP contribution in [-0.4, -0.2) is 38.2 Å². The Hall–Kier alpha value is -4.46. The van der Waals surface area contributed by atoms with Crippen LogP contribution < -0.4 is 0 Å². The van der Waals surface area contributed by atoms with Gasteiger partial charge >= 0.3 is 0 Å². The molecule has 0 fully saturated rings. The van der Waals surface area contributed by atoms with Crippen LogP contribution >= 0.6 is 0 Å². The van der Waals surface area contributed by atoms with Crippen molar-refractivity contribution in [3.63, 3.8) is 0 Å². The lowest BCUT2D eigenvalue weighted by Gasteiger charge is -2.01. The average molecular weight is 423 g/mol. The second-order valence-electron chi connectivity index (χ2n) is 7.24. The number of nitrogens with one attached hydrogen (secondary N) is 2. The van der Waals surface area contributed by atoms with Crippen molar-refractivity contribution in [2.75, 3.05) is 0 Å². The quantitative estimate of drug-likeness (QED) is 0.293. The first-order valence-electron chi connectivity index (χ1n) is 9.88. The molecule has 0 bridgehead atoms. The number of hydrogen-bond acceptors (Lipinski definition) is 4. The van der Waals surface area contributed by atoms with Gasteiger partial charge in [-0.2, -0.15) is 5.10 Å². The van der Waals surface area contributed by atoms with Gasteiger partial charge in [0, 0.05) is 23.3 Å². The Balaban J connectivity index is 1.61. The number of H-pyrrole nitrogens is 2. The summed E-state index contributed by atoms with van der Waals surface area (Å²) in [6.45, 7) is 5.36. The standard InChI is InChI=1S/C24H18FN7/c1-14(12-27-13-26-2)16-5-8-20-19(11-16)22(32-31-20)24-29-21-18(9-10-28-23(21)30-24)15-3-6-17(25)7-4-15/h3-13H,2H2,1H3,(H,31,32)(H,28,29,30)/b14-12+,27-13-. The van der Waals surface area contributed by atoms with Crippen LogP contribution in [-0.2, 0) is 0 Å². The summed E-state index contributed by atoms with van der Waals surface area (Å²) >= 11 is 0. The van der Waals surface area contributed by atoms with Gasteiger partial charge in [-0.15, -0.1) is 0 Å². The number of nitrogens with zero attached hydrogens (tertiary/aromatic N) is 5. The number of allylic oxidation sites excluding steroid dienone is 1. The molecule has 0 atom stereocenters. The Labute approximate surface area is 182 Å². The first-order valence-corrected chi connectivity index (χ1v) is 9.88. The summed E-state index contributed by atoms with van der Waals surface area (Å²) < 4.78 is 13.4. The molecule has 2 aromatic carbocycles. The van der Waals surface area contributed by atoms with Gasteiger partial charge in [0.25, 0.3) is 0 Å². The molecule has 5 aromatic rings. The van der Waals surface area contributed by atoms with E-state index in [0.717, 1.165) is 33.2 Å². The fraction of sp³-hybridized carbons (Fsp3) is 0.0417. The predicted octanol–water partition coefficient (Wildman–Crippen LogP) is 5.40. The number of aromatic amines is 2. The smallest absolute Gasteiger partial charge is 0.160 e. The van der Waals surface area contributed by atoms with Crippen LogP contribution in [0.5, 0.6) is 0 Å². The average Bonchev–Trinajstić information content (AvgIpc) is 3.43. The third-order valence-corrected chi connectivity index (χ3v) is 5.20. The van der Waals surface area contributed by atoms with E-state index in [-0.39, 0.29) is 5.82 Å². The fourth-order valence-electron chi connectivity index (χ4n) is 3.59. The maximum atomic E-state index is 13.4. The molecule has 8 heteroatoms. The number of halogens is 1. The summed E-state index contributed by atoms with van der Waals surface area (Å²) in [5.41, 5.74) is 6.62. The molecule has 0 aliphatic rings. The lowest BCUT2D eigenvalue weighted by atomic mass is 10.0. The molecule has 2 N–H and O–H groups in total. The molecule has 0 saturated carbocycles. The van der Waals surface area contributed by atoms with Crippen molar-refractivity contribution < 1.29 is 4.39 Å². The van der Waals surface area contributed by atoms with Crippen molar-refractivity contribution in [2.45, 2.75) is 6.92 Å². The van der Waals surface area contributed by atoms with Crippen molar-refractivity contribution >= 4 is 40.7 Å². The zero-order valence-electron chi connectivity index (χ0n) is 17.2. The Morgan fingerprint density at radius 2 is 1.97 bits per heavy atom. The zero-order valence-corrected chi connectivity index (χ0v) is 17.2. The SMILES string of the molecule is C=N/C=N\C=C(/C)c1ccc2[nH]nc(-c3nc4c(-c5ccc(F)cc5)ccnc4[nH]3)c2c1. The summed E-state index contributed by atoms with van der Waals surface area (Å²) in [4.78, 5) is 20.2. The first-order chi connectivity index (χ1) is 15.6. The number of rotatable bonds is 5. The molecule has 7 nitrogen and oxygen atoms in total. The third-order valence-electron chi connectivity index (χ3n) is 5.20. The Morgan fingerprint density at radius 3 is 2.78 bits per heavy atom. The second kappa shape index (κ2) is 7.99. The molecule has 0 unspecified atom stereocenters. The maximum absolute atomic E-state index is 13.4. The number of imidazole rings is 1. The summed E-state index contributed by atoms with van der Waals surface area (Å²) in [6.07, 6.45) is 4.83. The maximum Gasteiger partial charge on any atom is 0.160 e. The van der Waals surface area contributed by atoms with Crippen LogP contribution in [0.3, 0.4) is 0 Å². The van der Waals surface area contributed by atoms with Crippen LogP contribution in [0.15, 0.2) is 70.9 Å². The predicted molar refractivity (Wildman–Crippen MR) is 126 cm³/mol. The van der Waals surface area contributed by atoms with Gasteiger partial charge in [-0.05, 0) is 60.7 Å². The van der Waals surface area contributed by atoms with Gasteiger partial charge in [-0.3, -0.25) is 10.1 Å². The van der Waals surface area contributed by atoms with E-state index in [1.807, 2.05) is 31.2 Å². The van der Waals surface area contributed by atoms with Gasteiger partial charge in [0.1, 0.15) is 23.4 Å². The van der Waals surface area contributed by atoms with Gasteiger partial charge in [-0.1, -0.05) is 18.2 Å². The van der Waals surface area contributed by atoms with Crippen LogP contribution in [0.2, 0.25) is 0 Å². The molecule has 0 spiro atoms. The summed E-state index contributed by atoms with van der Waals surface area (Å²) in [7, 11) is 0. The van der Waals surface area contributed by atoms with E-state index in [4.69, 9.17) is 4.98 Å². The minimum absolute atomic E-state index is 0.281. The number of fused-ring (bicyclic) bond motifs is 2. The van der Waals surface area contributed by atoms with Gasteiger partial charge in [-0.25, -0.2) is 19.4 Å². The molecule has 32 heavy (non-hydrogen) atoms. The van der Waals surface area contributed by atoms with Crippen LogP contribution in [0.1, 0.15) is 12.5 Å². The van der Waals surface area contributed by atoms with E-state index >= 15 is 0 Å². The number of pyridine rings is 1. The van der Waals surface area contributed by atoms with E-state index in [9.17, 15) is 4.39 Å². The fourth-order valence-corrected chi connectivity index (χ4v) is 3.59. The van der Waals surface area contributed by atoms with E-state index in [2.05, 4.69) is 36.9 Å². The van der Waals surface area contributed by atoms with Crippen LogP contribution in [0.25, 0.3) is 50.3 Å². The summed E-state index contributed by atoms with van der Waals surface area (Å²) in [6, 6.07) is 14.2. The largest absolute Gasteiger partial charge is 0.321 e. The third kappa shape index (κ3) is 3.47. The Bertz CT molecular complexity index is 1510. The number of benzene rings is 2. The van der Waals surface area contributed by atoms with Gasteiger partial charge in [0.15, 0.2) is 11.5 Å². The van der Waals surface area contributed by atoms with E-state index < -0.39 is 0 Å². The van der Waals surface area contributed by atoms with Crippen molar-refractivity contribution in [1.29, 1.82) is 0 Å². The van der Waals surface area contributed by atoms with E-state index in [1.165, 1.54) is 18.5 Å². The van der Waals surface area contributed by atoms with Crippen molar-refractivity contribution in [3.05, 3.63) is 72.3 Å². The molecular weight excluding hydrogens is 405 g/mol. The monoisotopic (exact) mass is 423 g/mol. The van der Waals surface area contributed by atoms with Gasteiger partial charge in [0.05, 0.1) is 5.52 Å². The normalized spacial score (nSPS) is 12.2. The first kappa shape index (κ1) is 19.5. The molecule has 3 heterocycles. The highest BCUT2D eigenvalue weighted by Crippen LogP contribution is 2.31. The molecule has 0 saturated heterocycles. The number of aliphatic imine (C=N–C) groups is 2. The number of aromatic nitrogens is 5. The minimum atomic E-state index is -0.281. The van der Waals surface area contributed by atoms with Crippen molar-refractivity contribution in [1.82, 2.24) is 25.1 Å².